The first-order valence-corrected chi connectivity index (χ1v) is 6.23. The molecule has 0 saturated heterocycles. The number of aryl methyl sites for hydroxylation is 1. The Bertz CT molecular complexity index is 573. The fourth-order valence-corrected chi connectivity index (χ4v) is 2.04. The minimum absolute atomic E-state index is 0.223. The van der Waals surface area contributed by atoms with Crippen LogP contribution in [0.25, 0.3) is 0 Å². The fourth-order valence-electron chi connectivity index (χ4n) is 1.53. The van der Waals surface area contributed by atoms with E-state index in [0.717, 1.165) is 17.0 Å². The van der Waals surface area contributed by atoms with Crippen LogP contribution in [-0.2, 0) is 7.05 Å². The summed E-state index contributed by atoms with van der Waals surface area (Å²) in [6.45, 7) is 4.03. The predicted octanol–water partition coefficient (Wildman–Crippen LogP) is 1.23. The minimum Gasteiger partial charge on any atom is -0.374 e. The molecule has 0 aliphatic rings. The lowest BCUT2D eigenvalue weighted by atomic mass is 10.1. The van der Waals surface area contributed by atoms with Gasteiger partial charge in [0.15, 0.2) is 0 Å². The molecule has 0 spiro atoms. The van der Waals surface area contributed by atoms with E-state index in [1.165, 1.54) is 0 Å². The number of hydrogen-bond acceptors (Lipinski definition) is 6. The molecule has 0 fully saturated rings. The molecule has 3 N–H and O–H groups in total. The number of nitrogens with one attached hydrogen (secondary N) is 1. The standard InChI is InChI=1S/C10H14N6OS/c1-5(2)7-6(4-16(3)15-7)12-8(17)9-13-14-10(11)18-9/h4-5H,1-3H3,(H2,11,14)(H,12,17). The fraction of sp³-hybridized carbons (Fsp3) is 0.400. The number of nitrogens with two attached hydrogens (primary N) is 1. The predicted molar refractivity (Wildman–Crippen MR) is 69.6 cm³/mol. The van der Waals surface area contributed by atoms with Crippen LogP contribution in [0.2, 0.25) is 0 Å². The van der Waals surface area contributed by atoms with E-state index in [2.05, 4.69) is 20.6 Å². The molecule has 0 unspecified atom stereocenters. The molecular weight excluding hydrogens is 252 g/mol. The summed E-state index contributed by atoms with van der Waals surface area (Å²) in [4.78, 5) is 11.9. The van der Waals surface area contributed by atoms with Crippen molar-refractivity contribution < 1.29 is 4.79 Å². The van der Waals surface area contributed by atoms with E-state index in [-0.39, 0.29) is 22.0 Å². The second kappa shape index (κ2) is 4.73. The molecule has 18 heavy (non-hydrogen) atoms. The highest BCUT2D eigenvalue weighted by Crippen LogP contribution is 2.23. The summed E-state index contributed by atoms with van der Waals surface area (Å²) in [6.07, 6.45) is 1.76. The van der Waals surface area contributed by atoms with Crippen LogP contribution in [0.3, 0.4) is 0 Å². The number of amides is 1. The lowest BCUT2D eigenvalue weighted by Gasteiger charge is -2.05. The average Bonchev–Trinajstić information content (AvgIpc) is 2.85. The van der Waals surface area contributed by atoms with Crippen LogP contribution in [-0.4, -0.2) is 25.9 Å². The third-order valence-electron chi connectivity index (χ3n) is 2.29. The SMILES string of the molecule is CC(C)c1nn(C)cc1NC(=O)c1nnc(N)s1. The van der Waals surface area contributed by atoms with E-state index >= 15 is 0 Å². The first-order chi connectivity index (χ1) is 8.47. The molecule has 0 saturated carbocycles. The van der Waals surface area contributed by atoms with Gasteiger partial charge in [0.2, 0.25) is 10.1 Å². The normalized spacial score (nSPS) is 10.9. The third kappa shape index (κ3) is 2.48. The van der Waals surface area contributed by atoms with Crippen molar-refractivity contribution in [3.63, 3.8) is 0 Å². The number of nitrogen functional groups attached to an aromatic ring is 1. The van der Waals surface area contributed by atoms with Gasteiger partial charge in [-0.1, -0.05) is 25.2 Å². The Balaban J connectivity index is 2.21. The van der Waals surface area contributed by atoms with Crippen molar-refractivity contribution in [1.82, 2.24) is 20.0 Å². The highest BCUT2D eigenvalue weighted by Gasteiger charge is 2.17. The Hall–Kier alpha value is -1.96. The Morgan fingerprint density at radius 2 is 2.22 bits per heavy atom. The van der Waals surface area contributed by atoms with Gasteiger partial charge in [0.1, 0.15) is 0 Å². The van der Waals surface area contributed by atoms with E-state index in [9.17, 15) is 4.79 Å². The largest absolute Gasteiger partial charge is 0.374 e. The maximum Gasteiger partial charge on any atom is 0.286 e. The summed E-state index contributed by atoms with van der Waals surface area (Å²) in [5.41, 5.74) is 6.96. The van der Waals surface area contributed by atoms with Crippen molar-refractivity contribution in [2.75, 3.05) is 11.1 Å². The summed E-state index contributed by atoms with van der Waals surface area (Å²) in [6, 6.07) is 0. The zero-order chi connectivity index (χ0) is 13.3. The van der Waals surface area contributed by atoms with Gasteiger partial charge >= 0.3 is 0 Å². The van der Waals surface area contributed by atoms with Gasteiger partial charge < -0.3 is 11.1 Å². The van der Waals surface area contributed by atoms with Gasteiger partial charge in [-0.3, -0.25) is 9.48 Å². The summed E-state index contributed by atoms with van der Waals surface area (Å²) in [5, 5.41) is 14.9. The number of anilines is 2. The van der Waals surface area contributed by atoms with Crippen LogP contribution >= 0.6 is 11.3 Å². The summed E-state index contributed by atoms with van der Waals surface area (Å²) >= 11 is 1.05. The highest BCUT2D eigenvalue weighted by molar-refractivity contribution is 7.16. The minimum atomic E-state index is -0.320. The molecule has 96 valence electrons. The first-order valence-electron chi connectivity index (χ1n) is 5.41. The van der Waals surface area contributed by atoms with Crippen molar-refractivity contribution >= 4 is 28.1 Å². The van der Waals surface area contributed by atoms with Crippen molar-refractivity contribution in [3.05, 3.63) is 16.9 Å². The molecule has 0 aliphatic heterocycles. The van der Waals surface area contributed by atoms with Crippen molar-refractivity contribution in [2.24, 2.45) is 7.05 Å². The molecule has 1 amide bonds. The Kier molecular flexibility index (Phi) is 3.28. The summed E-state index contributed by atoms with van der Waals surface area (Å²) in [7, 11) is 1.81. The van der Waals surface area contributed by atoms with Crippen LogP contribution in [0.15, 0.2) is 6.20 Å². The van der Waals surface area contributed by atoms with E-state index in [4.69, 9.17) is 5.73 Å². The number of carbonyl (C=O) groups excluding carboxylic acids is 1. The van der Waals surface area contributed by atoms with Crippen molar-refractivity contribution in [3.8, 4) is 0 Å². The molecule has 0 bridgehead atoms. The topological polar surface area (TPSA) is 98.7 Å². The smallest absolute Gasteiger partial charge is 0.286 e. The quantitative estimate of drug-likeness (QED) is 0.870. The highest BCUT2D eigenvalue weighted by atomic mass is 32.1. The van der Waals surface area contributed by atoms with E-state index < -0.39 is 0 Å². The molecule has 2 rings (SSSR count). The molecule has 7 nitrogen and oxygen atoms in total. The number of nitrogens with zero attached hydrogens (tertiary/aromatic N) is 4. The zero-order valence-electron chi connectivity index (χ0n) is 10.3. The van der Waals surface area contributed by atoms with Gasteiger partial charge in [-0.25, -0.2) is 0 Å². The molecule has 2 aromatic heterocycles. The monoisotopic (exact) mass is 266 g/mol. The van der Waals surface area contributed by atoms with Gasteiger partial charge in [0.25, 0.3) is 5.91 Å². The van der Waals surface area contributed by atoms with E-state index in [1.807, 2.05) is 20.9 Å². The number of carbonyl (C=O) groups is 1. The molecule has 0 aromatic carbocycles. The van der Waals surface area contributed by atoms with Gasteiger partial charge in [-0.05, 0) is 5.92 Å². The Morgan fingerprint density at radius 3 is 2.78 bits per heavy atom. The van der Waals surface area contributed by atoms with E-state index in [0.29, 0.717) is 5.69 Å². The molecular formula is C10H14N6OS. The molecule has 0 atom stereocenters. The van der Waals surface area contributed by atoms with Gasteiger partial charge in [0, 0.05) is 13.2 Å². The molecule has 0 aliphatic carbocycles. The second-order valence-corrected chi connectivity index (χ2v) is 5.17. The summed E-state index contributed by atoms with van der Waals surface area (Å²) in [5.74, 6) is -0.0971. The van der Waals surface area contributed by atoms with Gasteiger partial charge in [-0.2, -0.15) is 5.10 Å². The average molecular weight is 266 g/mol. The first kappa shape index (κ1) is 12.5. The molecule has 2 heterocycles. The number of hydrogen-bond donors (Lipinski definition) is 2. The Morgan fingerprint density at radius 1 is 1.50 bits per heavy atom. The van der Waals surface area contributed by atoms with Crippen LogP contribution in [0.1, 0.15) is 35.3 Å². The number of aromatic nitrogens is 4. The number of rotatable bonds is 3. The second-order valence-electron chi connectivity index (χ2n) is 4.16. The van der Waals surface area contributed by atoms with Crippen LogP contribution in [0.4, 0.5) is 10.8 Å². The molecule has 2 aromatic rings. The van der Waals surface area contributed by atoms with Crippen molar-refractivity contribution in [1.29, 1.82) is 0 Å². The lowest BCUT2D eigenvalue weighted by molar-refractivity contribution is 0.102. The lowest BCUT2D eigenvalue weighted by Crippen LogP contribution is -2.12. The van der Waals surface area contributed by atoms with Crippen LogP contribution < -0.4 is 11.1 Å². The van der Waals surface area contributed by atoms with Crippen LogP contribution in [0, 0.1) is 0 Å². The summed E-state index contributed by atoms with van der Waals surface area (Å²) < 4.78 is 1.67. The van der Waals surface area contributed by atoms with Gasteiger partial charge in [-0.15, -0.1) is 10.2 Å². The van der Waals surface area contributed by atoms with Crippen molar-refractivity contribution in [2.45, 2.75) is 19.8 Å². The molecule has 0 radical (unpaired) electrons. The maximum atomic E-state index is 11.9. The zero-order valence-corrected chi connectivity index (χ0v) is 11.2. The van der Waals surface area contributed by atoms with Gasteiger partial charge in [0.05, 0.1) is 11.4 Å². The van der Waals surface area contributed by atoms with E-state index in [1.54, 1.807) is 10.9 Å². The molecule has 8 heteroatoms. The maximum absolute atomic E-state index is 11.9. The van der Waals surface area contributed by atoms with Crippen LogP contribution in [0.5, 0.6) is 0 Å². The third-order valence-corrected chi connectivity index (χ3v) is 3.04. The Labute approximate surface area is 108 Å².